The van der Waals surface area contributed by atoms with Gasteiger partial charge in [-0.3, -0.25) is 9.78 Å². The Labute approximate surface area is 117 Å². The maximum absolute atomic E-state index is 11.6. The van der Waals surface area contributed by atoms with Gasteiger partial charge in [0, 0.05) is 11.6 Å². The van der Waals surface area contributed by atoms with Crippen LogP contribution in [0.2, 0.25) is 0 Å². The second kappa shape index (κ2) is 4.56. The van der Waals surface area contributed by atoms with Crippen molar-refractivity contribution in [1.29, 1.82) is 0 Å². The third-order valence-corrected chi connectivity index (χ3v) is 3.56. The Morgan fingerprint density at radius 1 is 1.20 bits per heavy atom. The van der Waals surface area contributed by atoms with E-state index in [1.165, 1.54) is 0 Å². The summed E-state index contributed by atoms with van der Waals surface area (Å²) in [6.45, 7) is 5.51. The molecule has 1 aromatic carbocycles. The van der Waals surface area contributed by atoms with E-state index in [4.69, 9.17) is 0 Å². The van der Waals surface area contributed by atoms with Crippen molar-refractivity contribution in [3.8, 4) is 5.69 Å². The van der Waals surface area contributed by atoms with E-state index < -0.39 is 0 Å². The zero-order valence-electron chi connectivity index (χ0n) is 11.7. The number of aromatic nitrogens is 3. The molecule has 4 nitrogen and oxygen atoms in total. The largest absolute Gasteiger partial charge is 0.294 e. The second-order valence-electron chi connectivity index (χ2n) is 4.91. The number of carbonyl (C=O) groups is 1. The van der Waals surface area contributed by atoms with Crippen molar-refractivity contribution >= 4 is 16.7 Å². The van der Waals surface area contributed by atoms with Gasteiger partial charge in [-0.25, -0.2) is 4.68 Å². The first kappa shape index (κ1) is 12.5. The highest BCUT2D eigenvalue weighted by Crippen LogP contribution is 2.26. The first-order valence-electron chi connectivity index (χ1n) is 6.50. The van der Waals surface area contributed by atoms with Gasteiger partial charge in [0.1, 0.15) is 0 Å². The summed E-state index contributed by atoms with van der Waals surface area (Å²) in [6.07, 6.45) is 3.41. The Hall–Kier alpha value is -2.49. The summed E-state index contributed by atoms with van der Waals surface area (Å²) in [5, 5.41) is 5.42. The molecule has 4 heteroatoms. The first-order chi connectivity index (χ1) is 9.59. The lowest BCUT2D eigenvalue weighted by atomic mass is 10.1. The number of ketones is 1. The van der Waals surface area contributed by atoms with Crippen molar-refractivity contribution in [2.45, 2.75) is 20.8 Å². The number of nitrogens with zero attached hydrogens (tertiary/aromatic N) is 3. The maximum atomic E-state index is 11.6. The van der Waals surface area contributed by atoms with Gasteiger partial charge in [-0.15, -0.1) is 0 Å². The molecule has 0 N–H and O–H groups in total. The Kier molecular flexibility index (Phi) is 2.86. The van der Waals surface area contributed by atoms with Crippen molar-refractivity contribution in [3.05, 3.63) is 53.5 Å². The fraction of sp³-hybridized carbons (Fsp3) is 0.188. The molecule has 0 radical (unpaired) electrons. The van der Waals surface area contributed by atoms with E-state index in [1.807, 2.05) is 42.8 Å². The average molecular weight is 265 g/mol. The van der Waals surface area contributed by atoms with Crippen molar-refractivity contribution in [1.82, 2.24) is 14.8 Å². The molecular weight excluding hydrogens is 250 g/mol. The predicted octanol–water partition coefficient (Wildman–Crippen LogP) is 3.24. The number of aryl methyl sites for hydroxylation is 1. The van der Waals surface area contributed by atoms with E-state index in [0.717, 1.165) is 27.8 Å². The van der Waals surface area contributed by atoms with Crippen molar-refractivity contribution in [2.75, 3.05) is 0 Å². The fourth-order valence-corrected chi connectivity index (χ4v) is 2.51. The van der Waals surface area contributed by atoms with Gasteiger partial charge in [-0.1, -0.05) is 6.07 Å². The number of Topliss-reactive ketones (excluding diaryl/α,β-unsaturated/α-hetero) is 1. The maximum Gasteiger partial charge on any atom is 0.163 e. The highest BCUT2D eigenvalue weighted by Gasteiger charge is 2.15. The van der Waals surface area contributed by atoms with Gasteiger partial charge in [-0.05, 0) is 44.5 Å². The van der Waals surface area contributed by atoms with Crippen LogP contribution in [-0.2, 0) is 0 Å². The van der Waals surface area contributed by atoms with Crippen LogP contribution in [0.3, 0.4) is 0 Å². The van der Waals surface area contributed by atoms with E-state index in [-0.39, 0.29) is 5.78 Å². The summed E-state index contributed by atoms with van der Waals surface area (Å²) in [5.74, 6) is 0.0322. The molecule has 3 rings (SSSR count). The first-order valence-corrected chi connectivity index (χ1v) is 6.50. The lowest BCUT2D eigenvalue weighted by molar-refractivity contribution is 0.101. The summed E-state index contributed by atoms with van der Waals surface area (Å²) in [6, 6.07) is 7.97. The van der Waals surface area contributed by atoms with Crippen LogP contribution in [0.1, 0.15) is 28.5 Å². The Morgan fingerprint density at radius 2 is 2.00 bits per heavy atom. The summed E-state index contributed by atoms with van der Waals surface area (Å²) in [7, 11) is 0. The molecule has 0 saturated heterocycles. The molecule has 0 amide bonds. The van der Waals surface area contributed by atoms with Crippen molar-refractivity contribution in [2.24, 2.45) is 0 Å². The topological polar surface area (TPSA) is 47.8 Å². The minimum absolute atomic E-state index is 0.0322. The summed E-state index contributed by atoms with van der Waals surface area (Å²) in [4.78, 5) is 16.0. The fourth-order valence-electron chi connectivity index (χ4n) is 2.51. The Morgan fingerprint density at radius 3 is 2.70 bits per heavy atom. The molecule has 0 aliphatic rings. The van der Waals surface area contributed by atoms with Gasteiger partial charge in [0.2, 0.25) is 0 Å². The zero-order chi connectivity index (χ0) is 14.3. The normalized spacial score (nSPS) is 10.9. The molecule has 3 aromatic rings. The molecule has 2 aromatic heterocycles. The summed E-state index contributed by atoms with van der Waals surface area (Å²) >= 11 is 0. The molecule has 0 aliphatic carbocycles. The van der Waals surface area contributed by atoms with Crippen molar-refractivity contribution in [3.63, 3.8) is 0 Å². The van der Waals surface area contributed by atoms with E-state index >= 15 is 0 Å². The smallest absolute Gasteiger partial charge is 0.163 e. The molecule has 0 spiro atoms. The highest BCUT2D eigenvalue weighted by molar-refractivity contribution is 5.95. The van der Waals surface area contributed by atoms with Crippen LogP contribution in [0.15, 0.2) is 36.7 Å². The third-order valence-electron chi connectivity index (χ3n) is 3.56. The molecule has 0 aliphatic heterocycles. The van der Waals surface area contributed by atoms with Crippen molar-refractivity contribution < 1.29 is 4.79 Å². The minimum atomic E-state index is 0.0322. The molecule has 0 unspecified atom stereocenters. The Bertz CT molecular complexity index is 818. The molecule has 0 bridgehead atoms. The van der Waals surface area contributed by atoms with Crippen LogP contribution in [0.5, 0.6) is 0 Å². The number of rotatable bonds is 2. The zero-order valence-corrected chi connectivity index (χ0v) is 11.7. The molecule has 2 heterocycles. The van der Waals surface area contributed by atoms with Crippen LogP contribution in [0.25, 0.3) is 16.6 Å². The van der Waals surface area contributed by atoms with E-state index in [2.05, 4.69) is 10.1 Å². The van der Waals surface area contributed by atoms with E-state index in [1.54, 1.807) is 19.3 Å². The van der Waals surface area contributed by atoms with Crippen LogP contribution >= 0.6 is 0 Å². The van der Waals surface area contributed by atoms with Crippen LogP contribution in [0.4, 0.5) is 0 Å². The lowest BCUT2D eigenvalue weighted by Crippen LogP contribution is -2.04. The standard InChI is InChI=1S/C16H15N3O/c1-10-6-7-15-13(5-4-8-17-15)16(10)19-11(2)14(9-18-19)12(3)20/h4-9H,1-3H3. The average Bonchev–Trinajstić information content (AvgIpc) is 2.80. The van der Waals surface area contributed by atoms with Gasteiger partial charge < -0.3 is 0 Å². The number of fused-ring (bicyclic) bond motifs is 1. The molecule has 0 saturated carbocycles. The van der Waals surface area contributed by atoms with Gasteiger partial charge in [0.25, 0.3) is 0 Å². The molecule has 0 fully saturated rings. The number of carbonyl (C=O) groups excluding carboxylic acids is 1. The molecule has 0 atom stereocenters. The monoisotopic (exact) mass is 265 g/mol. The lowest BCUT2D eigenvalue weighted by Gasteiger charge is -2.12. The second-order valence-corrected chi connectivity index (χ2v) is 4.91. The van der Waals surface area contributed by atoms with E-state index in [9.17, 15) is 4.79 Å². The van der Waals surface area contributed by atoms with Crippen LogP contribution < -0.4 is 0 Å². The van der Waals surface area contributed by atoms with Gasteiger partial charge in [-0.2, -0.15) is 5.10 Å². The van der Waals surface area contributed by atoms with Crippen LogP contribution in [0, 0.1) is 13.8 Å². The van der Waals surface area contributed by atoms with Gasteiger partial charge in [0.15, 0.2) is 5.78 Å². The highest BCUT2D eigenvalue weighted by atomic mass is 16.1. The molecular formula is C16H15N3O. The summed E-state index contributed by atoms with van der Waals surface area (Å²) in [5.41, 5.74) is 4.53. The SMILES string of the molecule is CC(=O)c1cnn(-c2c(C)ccc3ncccc23)c1C. The van der Waals surface area contributed by atoms with Crippen LogP contribution in [-0.4, -0.2) is 20.5 Å². The number of benzene rings is 1. The van der Waals surface area contributed by atoms with Gasteiger partial charge >= 0.3 is 0 Å². The molecule has 100 valence electrons. The van der Waals surface area contributed by atoms with E-state index in [0.29, 0.717) is 5.56 Å². The summed E-state index contributed by atoms with van der Waals surface area (Å²) < 4.78 is 1.83. The minimum Gasteiger partial charge on any atom is -0.294 e. The number of pyridine rings is 1. The predicted molar refractivity (Wildman–Crippen MR) is 78.3 cm³/mol. The van der Waals surface area contributed by atoms with Gasteiger partial charge in [0.05, 0.1) is 28.7 Å². The Balaban J connectivity index is 2.35. The molecule has 20 heavy (non-hydrogen) atoms. The number of hydrogen-bond donors (Lipinski definition) is 0. The number of hydrogen-bond acceptors (Lipinski definition) is 3. The third kappa shape index (κ3) is 1.81. The quantitative estimate of drug-likeness (QED) is 0.668.